The standard InChI is InChI=1S/C16H16F3N3O3/c17-16(18,19)12-3-1-10(2-4-12)14-20-13(25-21-14)9-22-7-5-11(6-8-22)15(23)24/h1-4,11H,5-9H2,(H,23,24). The van der Waals surface area contributed by atoms with Gasteiger partial charge >= 0.3 is 12.1 Å². The first-order chi connectivity index (χ1) is 11.8. The molecule has 3 rings (SSSR count). The maximum Gasteiger partial charge on any atom is 0.416 e. The van der Waals surface area contributed by atoms with E-state index in [0.717, 1.165) is 12.1 Å². The Bertz CT molecular complexity index is 735. The SMILES string of the molecule is O=C(O)C1CCN(Cc2nc(-c3ccc(C(F)(F)F)cc3)no2)CC1. The molecule has 1 aliphatic heterocycles. The number of piperidine rings is 1. The molecule has 0 radical (unpaired) electrons. The van der Waals surface area contributed by atoms with Gasteiger partial charge in [-0.15, -0.1) is 0 Å². The predicted octanol–water partition coefficient (Wildman–Crippen LogP) is 3.05. The van der Waals surface area contributed by atoms with Gasteiger partial charge in [-0.05, 0) is 38.1 Å². The zero-order valence-corrected chi connectivity index (χ0v) is 13.2. The lowest BCUT2D eigenvalue weighted by Gasteiger charge is -2.28. The molecule has 1 N–H and O–H groups in total. The first kappa shape index (κ1) is 17.4. The molecule has 1 saturated heterocycles. The number of carbonyl (C=O) groups is 1. The number of nitrogens with zero attached hydrogens (tertiary/aromatic N) is 3. The van der Waals surface area contributed by atoms with Gasteiger partial charge in [-0.1, -0.05) is 17.3 Å². The van der Waals surface area contributed by atoms with E-state index in [-0.39, 0.29) is 11.7 Å². The topological polar surface area (TPSA) is 79.5 Å². The summed E-state index contributed by atoms with van der Waals surface area (Å²) in [5.41, 5.74) is -0.297. The van der Waals surface area contributed by atoms with Crippen molar-refractivity contribution in [2.45, 2.75) is 25.6 Å². The Kier molecular flexibility index (Phi) is 4.76. The number of aromatic nitrogens is 2. The Morgan fingerprint density at radius 1 is 1.24 bits per heavy atom. The van der Waals surface area contributed by atoms with E-state index in [1.807, 2.05) is 4.90 Å². The van der Waals surface area contributed by atoms with E-state index in [1.54, 1.807) is 0 Å². The van der Waals surface area contributed by atoms with Crippen molar-refractivity contribution >= 4 is 5.97 Å². The van der Waals surface area contributed by atoms with E-state index in [0.29, 0.717) is 43.9 Å². The number of likely N-dealkylation sites (tertiary alicyclic amines) is 1. The number of benzene rings is 1. The van der Waals surface area contributed by atoms with E-state index in [2.05, 4.69) is 10.1 Å². The van der Waals surface area contributed by atoms with Crippen LogP contribution in [-0.4, -0.2) is 39.2 Å². The summed E-state index contributed by atoms with van der Waals surface area (Å²) in [7, 11) is 0. The minimum Gasteiger partial charge on any atom is -0.481 e. The molecule has 9 heteroatoms. The summed E-state index contributed by atoms with van der Waals surface area (Å²) in [6.07, 6.45) is -3.26. The number of hydrogen-bond donors (Lipinski definition) is 1. The summed E-state index contributed by atoms with van der Waals surface area (Å²) >= 11 is 0. The van der Waals surface area contributed by atoms with Crippen LogP contribution in [0.1, 0.15) is 24.3 Å². The van der Waals surface area contributed by atoms with Crippen molar-refractivity contribution in [3.63, 3.8) is 0 Å². The number of carboxylic acids is 1. The molecule has 0 bridgehead atoms. The van der Waals surface area contributed by atoms with Gasteiger partial charge in [0.05, 0.1) is 18.0 Å². The Morgan fingerprint density at radius 2 is 1.88 bits per heavy atom. The van der Waals surface area contributed by atoms with Gasteiger partial charge < -0.3 is 9.63 Å². The summed E-state index contributed by atoms with van der Waals surface area (Å²) in [5, 5.41) is 12.8. The highest BCUT2D eigenvalue weighted by molar-refractivity contribution is 5.70. The first-order valence-electron chi connectivity index (χ1n) is 7.78. The second kappa shape index (κ2) is 6.83. The highest BCUT2D eigenvalue weighted by atomic mass is 19.4. The van der Waals surface area contributed by atoms with Crippen molar-refractivity contribution in [2.24, 2.45) is 5.92 Å². The maximum absolute atomic E-state index is 12.6. The Balaban J connectivity index is 1.62. The van der Waals surface area contributed by atoms with Crippen molar-refractivity contribution in [3.05, 3.63) is 35.7 Å². The lowest BCUT2D eigenvalue weighted by atomic mass is 9.97. The summed E-state index contributed by atoms with van der Waals surface area (Å²) in [6, 6.07) is 4.55. The minimum atomic E-state index is -4.39. The molecule has 1 aromatic carbocycles. The van der Waals surface area contributed by atoms with Gasteiger partial charge in [0.1, 0.15) is 0 Å². The van der Waals surface area contributed by atoms with Crippen LogP contribution in [0, 0.1) is 5.92 Å². The fourth-order valence-corrected chi connectivity index (χ4v) is 2.77. The van der Waals surface area contributed by atoms with Gasteiger partial charge in [0, 0.05) is 5.56 Å². The molecule has 134 valence electrons. The lowest BCUT2D eigenvalue weighted by Crippen LogP contribution is -2.35. The summed E-state index contributed by atoms with van der Waals surface area (Å²) in [6.45, 7) is 1.63. The fourth-order valence-electron chi connectivity index (χ4n) is 2.77. The molecule has 1 fully saturated rings. The van der Waals surface area contributed by atoms with Gasteiger partial charge in [0.2, 0.25) is 11.7 Å². The largest absolute Gasteiger partial charge is 0.481 e. The van der Waals surface area contributed by atoms with Crippen LogP contribution in [-0.2, 0) is 17.5 Å². The summed E-state index contributed by atoms with van der Waals surface area (Å²) in [5.74, 6) is -0.517. The molecule has 1 aromatic heterocycles. The molecule has 0 atom stereocenters. The monoisotopic (exact) mass is 355 g/mol. The van der Waals surface area contributed by atoms with Crippen LogP contribution in [0.5, 0.6) is 0 Å². The number of rotatable bonds is 4. The van der Waals surface area contributed by atoms with Crippen LogP contribution >= 0.6 is 0 Å². The zero-order valence-electron chi connectivity index (χ0n) is 13.2. The third-order valence-corrected chi connectivity index (χ3v) is 4.23. The van der Waals surface area contributed by atoms with Gasteiger partial charge in [-0.25, -0.2) is 0 Å². The van der Waals surface area contributed by atoms with Crippen LogP contribution < -0.4 is 0 Å². The number of alkyl halides is 3. The Hall–Kier alpha value is -2.42. The molecule has 25 heavy (non-hydrogen) atoms. The van der Waals surface area contributed by atoms with Gasteiger partial charge in [-0.2, -0.15) is 18.2 Å². The van der Waals surface area contributed by atoms with Crippen LogP contribution in [0.2, 0.25) is 0 Å². The number of aliphatic carboxylic acids is 1. The van der Waals surface area contributed by atoms with Crippen molar-refractivity contribution in [1.82, 2.24) is 15.0 Å². The predicted molar refractivity (Wildman–Crippen MR) is 80.4 cm³/mol. The third kappa shape index (κ3) is 4.16. The minimum absolute atomic E-state index is 0.226. The fraction of sp³-hybridized carbons (Fsp3) is 0.438. The third-order valence-electron chi connectivity index (χ3n) is 4.23. The quantitative estimate of drug-likeness (QED) is 0.908. The van der Waals surface area contributed by atoms with Gasteiger partial charge in [0.25, 0.3) is 0 Å². The second-order valence-corrected chi connectivity index (χ2v) is 5.98. The molecule has 0 spiro atoms. The molecule has 6 nitrogen and oxygen atoms in total. The van der Waals surface area contributed by atoms with Crippen LogP contribution in [0.3, 0.4) is 0 Å². The first-order valence-corrected chi connectivity index (χ1v) is 7.78. The average molecular weight is 355 g/mol. The molecule has 2 aromatic rings. The van der Waals surface area contributed by atoms with Gasteiger partial charge in [-0.3, -0.25) is 9.69 Å². The highest BCUT2D eigenvalue weighted by Crippen LogP contribution is 2.30. The zero-order chi connectivity index (χ0) is 18.0. The van der Waals surface area contributed by atoms with Crippen LogP contribution in [0.25, 0.3) is 11.4 Å². The van der Waals surface area contributed by atoms with Gasteiger partial charge in [0.15, 0.2) is 0 Å². The molecule has 0 aliphatic carbocycles. The van der Waals surface area contributed by atoms with E-state index in [4.69, 9.17) is 9.63 Å². The number of halogens is 3. The van der Waals surface area contributed by atoms with E-state index < -0.39 is 17.7 Å². The summed E-state index contributed by atoms with van der Waals surface area (Å²) in [4.78, 5) is 17.2. The van der Waals surface area contributed by atoms with E-state index in [1.165, 1.54) is 12.1 Å². The van der Waals surface area contributed by atoms with E-state index in [9.17, 15) is 18.0 Å². The number of carboxylic acid groups (broad SMARTS) is 1. The van der Waals surface area contributed by atoms with Crippen molar-refractivity contribution in [2.75, 3.05) is 13.1 Å². The van der Waals surface area contributed by atoms with Crippen molar-refractivity contribution in [3.8, 4) is 11.4 Å². The van der Waals surface area contributed by atoms with Crippen LogP contribution in [0.15, 0.2) is 28.8 Å². The molecule has 0 saturated carbocycles. The molecule has 2 heterocycles. The van der Waals surface area contributed by atoms with Crippen molar-refractivity contribution in [1.29, 1.82) is 0 Å². The molecular formula is C16H16F3N3O3. The van der Waals surface area contributed by atoms with Crippen LogP contribution in [0.4, 0.5) is 13.2 Å². The highest BCUT2D eigenvalue weighted by Gasteiger charge is 2.30. The molecule has 1 aliphatic rings. The van der Waals surface area contributed by atoms with E-state index >= 15 is 0 Å². The lowest BCUT2D eigenvalue weighted by molar-refractivity contribution is -0.143. The maximum atomic E-state index is 12.6. The normalized spacial score (nSPS) is 16.9. The number of hydrogen-bond acceptors (Lipinski definition) is 5. The van der Waals surface area contributed by atoms with Crippen molar-refractivity contribution < 1.29 is 27.6 Å². The Labute approximate surface area is 141 Å². The molecule has 0 amide bonds. The molecular weight excluding hydrogens is 339 g/mol. The average Bonchev–Trinajstić information content (AvgIpc) is 3.03. The summed E-state index contributed by atoms with van der Waals surface area (Å²) < 4.78 is 42.9. The second-order valence-electron chi connectivity index (χ2n) is 5.98. The Morgan fingerprint density at radius 3 is 2.44 bits per heavy atom. The smallest absolute Gasteiger partial charge is 0.416 e. The molecule has 0 unspecified atom stereocenters.